The molecule has 0 heterocycles. The molecule has 0 aliphatic carbocycles. The number of nitrogens with one attached hydrogen (secondary N) is 2. The molecular weight excluding hydrogens is 666 g/mol. The molecule has 0 fully saturated rings. The predicted molar refractivity (Wildman–Crippen MR) is 223 cm³/mol. The largest absolute Gasteiger partial charge is 0.466 e. The fourth-order valence-corrected chi connectivity index (χ4v) is 7.41. The smallest absolute Gasteiger partial charge is 0.305 e. The number of carbonyl (C=O) groups is 2. The molecule has 0 spiro atoms. The summed E-state index contributed by atoms with van der Waals surface area (Å²) in [7, 11) is 1.66. The Bertz CT molecular complexity index is 1100. The molecule has 0 aromatic heterocycles. The fourth-order valence-electron chi connectivity index (χ4n) is 7.41. The van der Waals surface area contributed by atoms with Crippen molar-refractivity contribution >= 4 is 23.3 Å². The van der Waals surface area contributed by atoms with E-state index >= 15 is 0 Å². The summed E-state index contributed by atoms with van der Waals surface area (Å²) in [5.41, 5.74) is -0.0718. The summed E-state index contributed by atoms with van der Waals surface area (Å²) < 4.78 is 11.1. The minimum absolute atomic E-state index is 0.0432. The summed E-state index contributed by atoms with van der Waals surface area (Å²) in [4.78, 5) is 50.6. The summed E-state index contributed by atoms with van der Waals surface area (Å²) >= 11 is 0. The number of ether oxygens (including phenoxy) is 2. The highest BCUT2D eigenvalue weighted by molar-refractivity contribution is 5.73. The Morgan fingerprint density at radius 2 is 0.962 bits per heavy atom. The van der Waals surface area contributed by atoms with Gasteiger partial charge in [-0.25, -0.2) is 0 Å². The van der Waals surface area contributed by atoms with Crippen LogP contribution in [0.3, 0.4) is 0 Å². The Hall–Kier alpha value is -2.42. The van der Waals surface area contributed by atoms with Crippen LogP contribution in [0.25, 0.3) is 0 Å². The molecule has 9 nitrogen and oxygen atoms in total. The van der Waals surface area contributed by atoms with Crippen LogP contribution in [0.1, 0.15) is 188 Å². The van der Waals surface area contributed by atoms with Gasteiger partial charge in [-0.15, -0.1) is 0 Å². The van der Waals surface area contributed by atoms with E-state index in [2.05, 4.69) is 43.2 Å². The highest BCUT2D eigenvalue weighted by Gasteiger charge is 2.19. The van der Waals surface area contributed by atoms with E-state index in [0.29, 0.717) is 55.8 Å². The van der Waals surface area contributed by atoms with Crippen molar-refractivity contribution in [1.82, 2.24) is 4.90 Å². The quantitative estimate of drug-likeness (QED) is 0.0388. The van der Waals surface area contributed by atoms with Crippen LogP contribution < -0.4 is 21.5 Å². The van der Waals surface area contributed by atoms with Crippen molar-refractivity contribution < 1.29 is 19.1 Å². The molecule has 9 heteroatoms. The summed E-state index contributed by atoms with van der Waals surface area (Å²) in [5.74, 6) is 1.27. The van der Waals surface area contributed by atoms with Gasteiger partial charge in [0, 0.05) is 26.4 Å². The average molecular weight is 748 g/mol. The van der Waals surface area contributed by atoms with Crippen molar-refractivity contribution in [3.63, 3.8) is 0 Å². The second-order valence-corrected chi connectivity index (χ2v) is 15.4. The second kappa shape index (κ2) is 33.0. The minimum Gasteiger partial charge on any atom is -0.466 e. The molecule has 0 aliphatic rings. The van der Waals surface area contributed by atoms with Gasteiger partial charge in [0.25, 0.3) is 10.9 Å². The van der Waals surface area contributed by atoms with E-state index in [1.807, 2.05) is 0 Å². The number of rotatable bonds is 38. The molecule has 0 bridgehead atoms. The molecule has 0 saturated carbocycles. The lowest BCUT2D eigenvalue weighted by molar-refractivity contribution is -0.145. The summed E-state index contributed by atoms with van der Waals surface area (Å²) in [6.07, 6.45) is 26.9. The molecule has 2 N–H and O–H groups in total. The molecule has 0 radical (unpaired) electrons. The first-order valence-corrected chi connectivity index (χ1v) is 22.1. The third-order valence-electron chi connectivity index (χ3n) is 10.7. The lowest BCUT2D eigenvalue weighted by Crippen LogP contribution is -2.37. The molecule has 0 aliphatic heterocycles. The highest BCUT2D eigenvalue weighted by Crippen LogP contribution is 2.21. The minimum atomic E-state index is -0.442. The Balaban J connectivity index is 2.31. The number of carbonyl (C=O) groups excluding carboxylic acids is 2. The first-order valence-electron chi connectivity index (χ1n) is 22.1. The zero-order valence-electron chi connectivity index (χ0n) is 35.0. The molecule has 1 aromatic carbocycles. The van der Waals surface area contributed by atoms with Gasteiger partial charge in [0.05, 0.1) is 13.2 Å². The Morgan fingerprint density at radius 1 is 0.528 bits per heavy atom. The maximum atomic E-state index is 12.3. The monoisotopic (exact) mass is 748 g/mol. The standard InChI is InChI=1S/C44H81N3O6/c1-6-10-25-38(26-11-7-2)30-36-53-40(49)28-19-15-13-17-21-33-47(34-22-31-46-42-41(45-5)43(50)44(42)51)32-20-16-12-14-18-27-39(48)52-35-29-37(23-8-3)24-9-4/h37-38,45-46H,6-36H2,1-5H3. The number of anilines is 2. The lowest BCUT2D eigenvalue weighted by Gasteiger charge is -2.23. The third-order valence-corrected chi connectivity index (χ3v) is 10.7. The van der Waals surface area contributed by atoms with E-state index in [-0.39, 0.29) is 11.9 Å². The van der Waals surface area contributed by atoms with Crippen LogP contribution in [0.2, 0.25) is 0 Å². The fraction of sp³-hybridized carbons (Fsp3) is 0.864. The van der Waals surface area contributed by atoms with Crippen LogP contribution in [0.15, 0.2) is 9.59 Å². The zero-order valence-corrected chi connectivity index (χ0v) is 35.0. The second-order valence-electron chi connectivity index (χ2n) is 15.4. The van der Waals surface area contributed by atoms with Gasteiger partial charge >= 0.3 is 11.9 Å². The van der Waals surface area contributed by atoms with Gasteiger partial charge in [-0.05, 0) is 76.4 Å². The van der Waals surface area contributed by atoms with Gasteiger partial charge in [0.1, 0.15) is 11.4 Å². The molecule has 0 unspecified atom stereocenters. The summed E-state index contributed by atoms with van der Waals surface area (Å²) in [6.45, 7) is 13.7. The number of unbranched alkanes of at least 4 members (excludes halogenated alkanes) is 10. The van der Waals surface area contributed by atoms with Crippen LogP contribution in [0.5, 0.6) is 0 Å². The molecule has 53 heavy (non-hydrogen) atoms. The van der Waals surface area contributed by atoms with Crippen molar-refractivity contribution in [2.45, 2.75) is 188 Å². The van der Waals surface area contributed by atoms with Gasteiger partial charge in [-0.3, -0.25) is 19.2 Å². The number of hydrogen-bond acceptors (Lipinski definition) is 9. The number of hydrogen-bond donors (Lipinski definition) is 2. The van der Waals surface area contributed by atoms with Crippen LogP contribution in [0.4, 0.5) is 11.4 Å². The summed E-state index contributed by atoms with van der Waals surface area (Å²) in [6, 6.07) is 0. The van der Waals surface area contributed by atoms with Crippen LogP contribution in [0, 0.1) is 11.8 Å². The molecule has 0 saturated heterocycles. The SMILES string of the molecule is CCCCC(CCCC)CCOC(=O)CCCCCCCN(CCCCCCCC(=O)OCCC(CCC)CCC)CCCNc1c(NC)c(=O)c1=O. The molecule has 1 aromatic rings. The Morgan fingerprint density at radius 3 is 1.43 bits per heavy atom. The van der Waals surface area contributed by atoms with Crippen molar-refractivity contribution in [1.29, 1.82) is 0 Å². The Labute approximate surface area is 324 Å². The molecule has 1 rings (SSSR count). The molecule has 0 amide bonds. The van der Waals surface area contributed by atoms with Crippen molar-refractivity contribution in [3.05, 3.63) is 20.4 Å². The van der Waals surface area contributed by atoms with E-state index in [1.165, 1.54) is 64.2 Å². The topological polar surface area (TPSA) is 114 Å². The van der Waals surface area contributed by atoms with Crippen LogP contribution in [-0.2, 0) is 19.1 Å². The predicted octanol–water partition coefficient (Wildman–Crippen LogP) is 10.2. The van der Waals surface area contributed by atoms with Crippen molar-refractivity contribution in [2.24, 2.45) is 11.8 Å². The molecular formula is C44H81N3O6. The average Bonchev–Trinajstić information content (AvgIpc) is 3.15. The van der Waals surface area contributed by atoms with E-state index in [1.54, 1.807) is 7.05 Å². The van der Waals surface area contributed by atoms with Gasteiger partial charge in [-0.1, -0.05) is 130 Å². The first kappa shape index (κ1) is 48.6. The summed E-state index contributed by atoms with van der Waals surface area (Å²) in [5, 5.41) is 5.98. The maximum absolute atomic E-state index is 12.3. The van der Waals surface area contributed by atoms with E-state index in [0.717, 1.165) is 103 Å². The van der Waals surface area contributed by atoms with Crippen LogP contribution in [-0.4, -0.2) is 63.3 Å². The highest BCUT2D eigenvalue weighted by atomic mass is 16.5. The van der Waals surface area contributed by atoms with E-state index < -0.39 is 10.9 Å². The zero-order chi connectivity index (χ0) is 38.9. The van der Waals surface area contributed by atoms with Gasteiger partial charge < -0.3 is 25.0 Å². The maximum Gasteiger partial charge on any atom is 0.305 e. The Kier molecular flexibility index (Phi) is 30.2. The lowest BCUT2D eigenvalue weighted by atomic mass is 9.93. The third kappa shape index (κ3) is 23.9. The van der Waals surface area contributed by atoms with Crippen molar-refractivity contribution in [3.8, 4) is 0 Å². The molecule has 308 valence electrons. The van der Waals surface area contributed by atoms with Crippen molar-refractivity contribution in [2.75, 3.05) is 57.1 Å². The number of nitrogens with zero attached hydrogens (tertiary/aromatic N) is 1. The van der Waals surface area contributed by atoms with E-state index in [4.69, 9.17) is 9.47 Å². The van der Waals surface area contributed by atoms with Gasteiger partial charge in [0.15, 0.2) is 0 Å². The van der Waals surface area contributed by atoms with Gasteiger partial charge in [0.2, 0.25) is 0 Å². The van der Waals surface area contributed by atoms with Gasteiger partial charge in [-0.2, -0.15) is 0 Å². The number of esters is 2. The van der Waals surface area contributed by atoms with Crippen LogP contribution >= 0.6 is 0 Å². The van der Waals surface area contributed by atoms with E-state index in [9.17, 15) is 19.2 Å². The molecule has 0 atom stereocenters. The normalized spacial score (nSPS) is 11.6. The first-order chi connectivity index (χ1) is 25.8.